The SMILES string of the molecule is Nc1cc(N)cc(C(=O)Nc2ccc(-n3c4ccccc4c4ccccc43)cc2)c1. The number of para-hydroxylation sites is 2. The lowest BCUT2D eigenvalue weighted by atomic mass is 10.1. The normalized spacial score (nSPS) is 11.1. The van der Waals surface area contributed by atoms with Gasteiger partial charge in [0.1, 0.15) is 0 Å². The number of nitrogens with two attached hydrogens (primary N) is 2. The predicted molar refractivity (Wildman–Crippen MR) is 124 cm³/mol. The molecule has 0 bridgehead atoms. The standard InChI is InChI=1S/C25H20N4O/c26-17-13-16(14-18(27)15-17)25(30)28-19-9-11-20(12-10-19)29-23-7-3-1-5-21(23)22-6-2-4-8-24(22)29/h1-15H,26-27H2,(H,28,30). The molecule has 0 fully saturated rings. The number of hydrogen-bond acceptors (Lipinski definition) is 3. The minimum Gasteiger partial charge on any atom is -0.399 e. The molecule has 4 aromatic carbocycles. The van der Waals surface area contributed by atoms with Crippen molar-refractivity contribution in [1.29, 1.82) is 0 Å². The fraction of sp³-hybridized carbons (Fsp3) is 0. The number of benzene rings is 4. The van der Waals surface area contributed by atoms with Gasteiger partial charge in [-0.1, -0.05) is 36.4 Å². The molecule has 5 aromatic rings. The van der Waals surface area contributed by atoms with Crippen molar-refractivity contribution < 1.29 is 4.79 Å². The Labute approximate surface area is 173 Å². The van der Waals surface area contributed by atoms with E-state index < -0.39 is 0 Å². The number of anilines is 3. The highest BCUT2D eigenvalue weighted by molar-refractivity contribution is 6.09. The lowest BCUT2D eigenvalue weighted by Crippen LogP contribution is -2.12. The first-order valence-electron chi connectivity index (χ1n) is 9.66. The maximum atomic E-state index is 12.6. The van der Waals surface area contributed by atoms with Gasteiger partial charge >= 0.3 is 0 Å². The Kier molecular flexibility index (Phi) is 4.14. The zero-order valence-corrected chi connectivity index (χ0v) is 16.2. The Bertz CT molecular complexity index is 1330. The summed E-state index contributed by atoms with van der Waals surface area (Å²) in [6.07, 6.45) is 0. The first-order chi connectivity index (χ1) is 14.6. The highest BCUT2D eigenvalue weighted by atomic mass is 16.1. The molecule has 1 heterocycles. The number of nitrogens with one attached hydrogen (secondary N) is 1. The zero-order chi connectivity index (χ0) is 20.7. The van der Waals surface area contributed by atoms with E-state index in [2.05, 4.69) is 46.3 Å². The molecule has 5 N–H and O–H groups in total. The summed E-state index contributed by atoms with van der Waals surface area (Å²) in [7, 11) is 0. The largest absolute Gasteiger partial charge is 0.399 e. The molecule has 0 atom stereocenters. The van der Waals surface area contributed by atoms with Gasteiger partial charge in [0.25, 0.3) is 5.91 Å². The van der Waals surface area contributed by atoms with Gasteiger partial charge in [0, 0.05) is 39.1 Å². The Morgan fingerprint density at radius 2 is 1.23 bits per heavy atom. The third-order valence-electron chi connectivity index (χ3n) is 5.20. The lowest BCUT2D eigenvalue weighted by Gasteiger charge is -2.10. The molecule has 1 aromatic heterocycles. The second-order valence-corrected chi connectivity index (χ2v) is 7.26. The summed E-state index contributed by atoms with van der Waals surface area (Å²) in [5, 5.41) is 5.33. The van der Waals surface area contributed by atoms with Crippen molar-refractivity contribution in [2.24, 2.45) is 0 Å². The van der Waals surface area contributed by atoms with E-state index in [-0.39, 0.29) is 5.91 Å². The Balaban J connectivity index is 1.50. The fourth-order valence-electron chi connectivity index (χ4n) is 3.91. The number of carbonyl (C=O) groups excluding carboxylic acids is 1. The molecule has 0 aliphatic rings. The van der Waals surface area contributed by atoms with Crippen molar-refractivity contribution in [3.05, 3.63) is 96.6 Å². The van der Waals surface area contributed by atoms with Crippen molar-refractivity contribution in [2.75, 3.05) is 16.8 Å². The van der Waals surface area contributed by atoms with E-state index in [1.807, 2.05) is 36.4 Å². The quantitative estimate of drug-likeness (QED) is 0.369. The third kappa shape index (κ3) is 3.02. The van der Waals surface area contributed by atoms with Crippen LogP contribution in [-0.2, 0) is 0 Å². The van der Waals surface area contributed by atoms with Gasteiger partial charge in [-0.2, -0.15) is 0 Å². The van der Waals surface area contributed by atoms with E-state index in [0.717, 1.165) is 16.7 Å². The molecule has 0 spiro atoms. The van der Waals surface area contributed by atoms with Crippen molar-refractivity contribution in [1.82, 2.24) is 4.57 Å². The summed E-state index contributed by atoms with van der Waals surface area (Å²) in [5.41, 5.74) is 16.9. The van der Waals surface area contributed by atoms with Gasteiger partial charge in [0.05, 0.1) is 11.0 Å². The number of hydrogen-bond donors (Lipinski definition) is 3. The van der Waals surface area contributed by atoms with E-state index in [9.17, 15) is 4.79 Å². The molecule has 5 rings (SSSR count). The first kappa shape index (κ1) is 17.8. The van der Waals surface area contributed by atoms with Gasteiger partial charge in [-0.15, -0.1) is 0 Å². The summed E-state index contributed by atoms with van der Waals surface area (Å²) in [5.74, 6) is -0.251. The molecule has 0 saturated carbocycles. The van der Waals surface area contributed by atoms with Crippen LogP contribution in [0.3, 0.4) is 0 Å². The van der Waals surface area contributed by atoms with Crippen LogP contribution in [0.4, 0.5) is 17.1 Å². The Morgan fingerprint density at radius 1 is 0.700 bits per heavy atom. The van der Waals surface area contributed by atoms with E-state index in [4.69, 9.17) is 11.5 Å². The van der Waals surface area contributed by atoms with Gasteiger partial charge in [-0.25, -0.2) is 0 Å². The molecule has 146 valence electrons. The smallest absolute Gasteiger partial charge is 0.255 e. The van der Waals surface area contributed by atoms with E-state index in [1.165, 1.54) is 10.8 Å². The third-order valence-corrected chi connectivity index (χ3v) is 5.20. The number of aromatic nitrogens is 1. The van der Waals surface area contributed by atoms with Crippen LogP contribution in [0, 0.1) is 0 Å². The molecule has 5 nitrogen and oxygen atoms in total. The number of carbonyl (C=O) groups is 1. The zero-order valence-electron chi connectivity index (χ0n) is 16.2. The average Bonchev–Trinajstić information content (AvgIpc) is 3.08. The van der Waals surface area contributed by atoms with E-state index in [0.29, 0.717) is 22.6 Å². The second kappa shape index (κ2) is 6.97. The maximum Gasteiger partial charge on any atom is 0.255 e. The molecule has 0 aliphatic heterocycles. The molecule has 0 saturated heterocycles. The van der Waals surface area contributed by atoms with Crippen LogP contribution in [0.2, 0.25) is 0 Å². The highest BCUT2D eigenvalue weighted by Crippen LogP contribution is 2.32. The van der Waals surface area contributed by atoms with Crippen LogP contribution in [0.25, 0.3) is 27.5 Å². The monoisotopic (exact) mass is 392 g/mol. The fourth-order valence-corrected chi connectivity index (χ4v) is 3.91. The molecule has 1 amide bonds. The number of amides is 1. The number of fused-ring (bicyclic) bond motifs is 3. The van der Waals surface area contributed by atoms with Crippen LogP contribution < -0.4 is 16.8 Å². The number of nitrogens with zero attached hydrogens (tertiary/aromatic N) is 1. The van der Waals surface area contributed by atoms with Gasteiger partial charge in [-0.05, 0) is 54.6 Å². The number of rotatable bonds is 3. The first-order valence-corrected chi connectivity index (χ1v) is 9.66. The molecule has 5 heteroatoms. The summed E-state index contributed by atoms with van der Waals surface area (Å²) in [4.78, 5) is 12.6. The van der Waals surface area contributed by atoms with E-state index >= 15 is 0 Å². The van der Waals surface area contributed by atoms with Crippen molar-refractivity contribution >= 4 is 44.8 Å². The molecule has 30 heavy (non-hydrogen) atoms. The van der Waals surface area contributed by atoms with Crippen molar-refractivity contribution in [3.8, 4) is 5.69 Å². The Hall–Kier alpha value is -4.25. The average molecular weight is 392 g/mol. The predicted octanol–water partition coefficient (Wildman–Crippen LogP) is 5.20. The van der Waals surface area contributed by atoms with Gasteiger partial charge in [-0.3, -0.25) is 4.79 Å². The van der Waals surface area contributed by atoms with Crippen LogP contribution in [0.1, 0.15) is 10.4 Å². The summed E-state index contributed by atoms with van der Waals surface area (Å²) in [6, 6.07) is 29.4. The molecule has 0 radical (unpaired) electrons. The van der Waals surface area contributed by atoms with Crippen LogP contribution in [-0.4, -0.2) is 10.5 Å². The van der Waals surface area contributed by atoms with Crippen molar-refractivity contribution in [2.45, 2.75) is 0 Å². The minimum atomic E-state index is -0.251. The molecule has 0 aliphatic carbocycles. The van der Waals surface area contributed by atoms with Crippen molar-refractivity contribution in [3.63, 3.8) is 0 Å². The Morgan fingerprint density at radius 3 is 1.80 bits per heavy atom. The molecular formula is C25H20N4O. The van der Waals surface area contributed by atoms with Crippen LogP contribution in [0.5, 0.6) is 0 Å². The van der Waals surface area contributed by atoms with Gasteiger partial charge in [0.2, 0.25) is 0 Å². The van der Waals surface area contributed by atoms with Gasteiger partial charge in [0.15, 0.2) is 0 Å². The van der Waals surface area contributed by atoms with Gasteiger partial charge < -0.3 is 21.4 Å². The molecular weight excluding hydrogens is 372 g/mol. The minimum absolute atomic E-state index is 0.251. The summed E-state index contributed by atoms with van der Waals surface area (Å²) >= 11 is 0. The van der Waals surface area contributed by atoms with Crippen LogP contribution >= 0.6 is 0 Å². The topological polar surface area (TPSA) is 86.1 Å². The summed E-state index contributed by atoms with van der Waals surface area (Å²) in [6.45, 7) is 0. The maximum absolute atomic E-state index is 12.6. The van der Waals surface area contributed by atoms with E-state index in [1.54, 1.807) is 18.2 Å². The van der Waals surface area contributed by atoms with Crippen LogP contribution in [0.15, 0.2) is 91.0 Å². The second-order valence-electron chi connectivity index (χ2n) is 7.26. The molecule has 0 unspecified atom stereocenters. The summed E-state index contributed by atoms with van der Waals surface area (Å²) < 4.78 is 2.23. The lowest BCUT2D eigenvalue weighted by molar-refractivity contribution is 0.102. The highest BCUT2D eigenvalue weighted by Gasteiger charge is 2.12. The number of nitrogen functional groups attached to an aromatic ring is 2.